The molecule has 0 aliphatic rings. The Kier molecular flexibility index (Phi) is 74.6. The molecule has 0 heterocycles. The van der Waals surface area contributed by atoms with E-state index >= 15 is 0 Å². The van der Waals surface area contributed by atoms with Gasteiger partial charge >= 0.3 is 0 Å². The molecule has 0 aliphatic heterocycles. The second-order valence-electron chi connectivity index (χ2n) is 27.1. The molecule has 0 aliphatic carbocycles. The number of aliphatic hydroxyl groups is 2. The van der Waals surface area contributed by atoms with Gasteiger partial charge in [0.05, 0.1) is 18.8 Å². The molecule has 0 radical (unpaired) electrons. The summed E-state index contributed by atoms with van der Waals surface area (Å²) in [6, 6.07) is -0.622. The van der Waals surface area contributed by atoms with Gasteiger partial charge in [0.15, 0.2) is 0 Å². The number of rotatable bonds is 74. The van der Waals surface area contributed by atoms with Crippen LogP contribution in [0.15, 0.2) is 36.5 Å². The van der Waals surface area contributed by atoms with Gasteiger partial charge in [-0.1, -0.05) is 429 Å². The molecule has 0 aromatic carbocycles. The molecule has 2 unspecified atom stereocenters. The molecular formula is C80H155NO3. The van der Waals surface area contributed by atoms with Crippen molar-refractivity contribution in [3.05, 3.63) is 36.5 Å². The first kappa shape index (κ1) is 82.6. The maximum absolute atomic E-state index is 12.6. The highest BCUT2D eigenvalue weighted by molar-refractivity contribution is 5.76. The van der Waals surface area contributed by atoms with Crippen molar-refractivity contribution in [1.82, 2.24) is 5.32 Å². The van der Waals surface area contributed by atoms with E-state index in [0.29, 0.717) is 6.42 Å². The first-order valence-electron chi connectivity index (χ1n) is 39.2. The zero-order valence-corrected chi connectivity index (χ0v) is 57.7. The zero-order chi connectivity index (χ0) is 60.5. The van der Waals surface area contributed by atoms with Crippen LogP contribution >= 0.6 is 0 Å². The number of allylic oxidation sites excluding steroid dienone is 5. The monoisotopic (exact) mass is 1180 g/mol. The van der Waals surface area contributed by atoms with Gasteiger partial charge in [-0.05, 0) is 51.4 Å². The van der Waals surface area contributed by atoms with Crippen LogP contribution in [0.25, 0.3) is 0 Å². The molecule has 498 valence electrons. The maximum atomic E-state index is 12.6. The molecule has 0 spiro atoms. The van der Waals surface area contributed by atoms with Crippen LogP contribution in [0.2, 0.25) is 0 Å². The van der Waals surface area contributed by atoms with Gasteiger partial charge in [0.25, 0.3) is 0 Å². The fourth-order valence-electron chi connectivity index (χ4n) is 12.7. The highest BCUT2D eigenvalue weighted by Crippen LogP contribution is 2.20. The van der Waals surface area contributed by atoms with Gasteiger partial charge in [-0.25, -0.2) is 0 Å². The predicted molar refractivity (Wildman–Crippen MR) is 378 cm³/mol. The van der Waals surface area contributed by atoms with Crippen molar-refractivity contribution in [2.24, 2.45) is 0 Å². The molecular weight excluding hydrogens is 1020 g/mol. The Morgan fingerprint density at radius 1 is 0.286 bits per heavy atom. The summed E-state index contributed by atoms with van der Waals surface area (Å²) in [4.78, 5) is 12.6. The highest BCUT2D eigenvalue weighted by Gasteiger charge is 2.18. The summed E-state index contributed by atoms with van der Waals surface area (Å²) in [6.07, 6.45) is 106. The Labute approximate surface area is 529 Å². The smallest absolute Gasteiger partial charge is 0.220 e. The van der Waals surface area contributed by atoms with Crippen molar-refractivity contribution in [1.29, 1.82) is 0 Å². The van der Waals surface area contributed by atoms with E-state index in [1.165, 1.54) is 398 Å². The minimum atomic E-state index is -0.839. The van der Waals surface area contributed by atoms with E-state index in [-0.39, 0.29) is 12.5 Å². The van der Waals surface area contributed by atoms with Crippen LogP contribution in [-0.4, -0.2) is 34.9 Å². The minimum absolute atomic E-state index is 0.0533. The number of carbonyl (C=O) groups is 1. The third-order valence-electron chi connectivity index (χ3n) is 18.6. The molecule has 0 saturated carbocycles. The van der Waals surface area contributed by atoms with E-state index in [9.17, 15) is 15.0 Å². The summed E-state index contributed by atoms with van der Waals surface area (Å²) < 4.78 is 0. The summed E-state index contributed by atoms with van der Waals surface area (Å²) >= 11 is 0. The fourth-order valence-corrected chi connectivity index (χ4v) is 12.7. The Hall–Kier alpha value is -1.39. The van der Waals surface area contributed by atoms with Crippen LogP contribution < -0.4 is 5.32 Å². The summed E-state index contributed by atoms with van der Waals surface area (Å²) in [6.45, 7) is 4.35. The highest BCUT2D eigenvalue weighted by atomic mass is 16.3. The number of nitrogens with one attached hydrogen (secondary N) is 1. The average molecular weight is 1180 g/mol. The van der Waals surface area contributed by atoms with E-state index in [1.54, 1.807) is 6.08 Å². The van der Waals surface area contributed by atoms with Gasteiger partial charge in [0, 0.05) is 6.42 Å². The third kappa shape index (κ3) is 71.4. The molecule has 84 heavy (non-hydrogen) atoms. The van der Waals surface area contributed by atoms with Gasteiger partial charge in [0.2, 0.25) is 5.91 Å². The normalized spacial score (nSPS) is 12.8. The van der Waals surface area contributed by atoms with Crippen molar-refractivity contribution >= 4 is 5.91 Å². The van der Waals surface area contributed by atoms with Crippen LogP contribution in [0.3, 0.4) is 0 Å². The van der Waals surface area contributed by atoms with Crippen LogP contribution in [0.4, 0.5) is 0 Å². The van der Waals surface area contributed by atoms with Crippen molar-refractivity contribution < 1.29 is 15.0 Å². The Balaban J connectivity index is 3.38. The Morgan fingerprint density at radius 3 is 0.714 bits per heavy atom. The fraction of sp³-hybridized carbons (Fsp3) is 0.912. The third-order valence-corrected chi connectivity index (χ3v) is 18.6. The van der Waals surface area contributed by atoms with E-state index < -0.39 is 12.1 Å². The molecule has 0 aromatic rings. The molecule has 3 N–H and O–H groups in total. The molecule has 0 fully saturated rings. The van der Waals surface area contributed by atoms with Gasteiger partial charge in [-0.2, -0.15) is 0 Å². The van der Waals surface area contributed by atoms with Gasteiger partial charge in [-0.3, -0.25) is 4.79 Å². The van der Waals surface area contributed by atoms with Crippen molar-refractivity contribution in [3.8, 4) is 0 Å². The van der Waals surface area contributed by atoms with Crippen molar-refractivity contribution in [2.75, 3.05) is 6.61 Å². The molecule has 0 rings (SSSR count). The number of hydrogen-bond donors (Lipinski definition) is 3. The average Bonchev–Trinajstić information content (AvgIpc) is 3.51. The van der Waals surface area contributed by atoms with Crippen LogP contribution in [-0.2, 0) is 4.79 Å². The Morgan fingerprint density at radius 2 is 0.488 bits per heavy atom. The van der Waals surface area contributed by atoms with Gasteiger partial charge in [-0.15, -0.1) is 0 Å². The van der Waals surface area contributed by atoms with E-state index in [2.05, 4.69) is 43.5 Å². The number of carbonyl (C=O) groups excluding carboxylic acids is 1. The van der Waals surface area contributed by atoms with E-state index in [4.69, 9.17) is 0 Å². The first-order chi connectivity index (χ1) is 41.7. The number of amides is 1. The van der Waals surface area contributed by atoms with Gasteiger partial charge < -0.3 is 15.5 Å². The van der Waals surface area contributed by atoms with Crippen LogP contribution in [0.5, 0.6) is 0 Å². The standard InChI is InChI=1S/C80H155NO3/c1-3-5-7-9-11-13-15-17-19-21-23-25-27-29-31-33-35-36-37-38-39-40-41-42-43-44-46-48-50-52-54-56-58-60-62-64-66-68-70-72-74-76-80(84)81-78(77-82)79(83)75-73-71-69-67-65-63-61-59-57-55-53-51-49-47-45-34-32-30-28-26-24-22-20-18-16-14-12-10-8-6-4-2/h15,17,21,23,73,75,78-79,82-83H,3-14,16,18-20,22,24-72,74,76-77H2,1-2H3,(H,81,84)/b17-15-,23-21-,75-73+. The Bertz CT molecular complexity index is 1290. The number of hydrogen-bond acceptors (Lipinski definition) is 3. The quantitative estimate of drug-likeness (QED) is 0.0420. The molecule has 0 aromatic heterocycles. The SMILES string of the molecule is CCCCCCC/C=C\C/C=C\CCCCCCCCCCCCCCCCCCCCCCCCCCCCCCCC(=O)NC(CO)C(O)/C=C/CCCCCCCCCCCCCCCCCCCCCCCCCCCCCCC. The molecule has 0 bridgehead atoms. The molecule has 1 amide bonds. The van der Waals surface area contributed by atoms with E-state index in [1.807, 2.05) is 6.08 Å². The topological polar surface area (TPSA) is 69.6 Å². The van der Waals surface area contributed by atoms with E-state index in [0.717, 1.165) is 32.1 Å². The largest absolute Gasteiger partial charge is 0.394 e. The van der Waals surface area contributed by atoms with Crippen LogP contribution in [0.1, 0.15) is 450 Å². The summed E-state index contributed by atoms with van der Waals surface area (Å²) in [5.74, 6) is -0.0533. The molecule has 4 heteroatoms. The number of unbranched alkanes of at least 4 members (excludes halogenated alkanes) is 63. The molecule has 2 atom stereocenters. The summed E-state index contributed by atoms with van der Waals surface area (Å²) in [7, 11) is 0. The lowest BCUT2D eigenvalue weighted by atomic mass is 10.0. The van der Waals surface area contributed by atoms with Gasteiger partial charge in [0.1, 0.15) is 0 Å². The maximum Gasteiger partial charge on any atom is 0.220 e. The number of aliphatic hydroxyl groups excluding tert-OH is 2. The zero-order valence-electron chi connectivity index (χ0n) is 57.7. The second-order valence-corrected chi connectivity index (χ2v) is 27.1. The lowest BCUT2D eigenvalue weighted by molar-refractivity contribution is -0.123. The van der Waals surface area contributed by atoms with Crippen molar-refractivity contribution in [3.63, 3.8) is 0 Å². The second kappa shape index (κ2) is 75.9. The summed E-state index contributed by atoms with van der Waals surface area (Å²) in [5, 5.41) is 23.4. The molecule has 0 saturated heterocycles. The molecule has 4 nitrogen and oxygen atoms in total. The van der Waals surface area contributed by atoms with Crippen LogP contribution in [0, 0.1) is 0 Å². The first-order valence-corrected chi connectivity index (χ1v) is 39.2. The lowest BCUT2D eigenvalue weighted by Gasteiger charge is -2.20. The minimum Gasteiger partial charge on any atom is -0.394 e. The van der Waals surface area contributed by atoms with Crippen molar-refractivity contribution in [2.45, 2.75) is 463 Å². The summed E-state index contributed by atoms with van der Waals surface area (Å²) in [5.41, 5.74) is 0. The lowest BCUT2D eigenvalue weighted by Crippen LogP contribution is -2.45. The predicted octanol–water partition coefficient (Wildman–Crippen LogP) is 27.1.